The van der Waals surface area contributed by atoms with Gasteiger partial charge >= 0.3 is 0 Å². The summed E-state index contributed by atoms with van der Waals surface area (Å²) < 4.78 is 6.99. The van der Waals surface area contributed by atoms with E-state index in [4.69, 9.17) is 10.5 Å². The van der Waals surface area contributed by atoms with Gasteiger partial charge in [-0.25, -0.2) is 15.0 Å². The van der Waals surface area contributed by atoms with Crippen LogP contribution in [0.4, 0.5) is 5.82 Å². The Bertz CT molecular complexity index is 1250. The number of aliphatic hydroxyl groups is 2. The molecule has 4 atom stereocenters. The van der Waals surface area contributed by atoms with Crippen molar-refractivity contribution in [2.75, 3.05) is 12.3 Å². The van der Waals surface area contributed by atoms with Gasteiger partial charge in [-0.05, 0) is 18.9 Å². The van der Waals surface area contributed by atoms with E-state index in [1.54, 1.807) is 31.2 Å². The molecule has 1 fully saturated rings. The second-order valence-electron chi connectivity index (χ2n) is 7.03. The number of nitrogens with one attached hydrogen (secondary N) is 1. The first-order valence-electron chi connectivity index (χ1n) is 9.80. The number of aldehydes is 1. The maximum Gasteiger partial charge on any atom is 0.252 e. The third-order valence-corrected chi connectivity index (χ3v) is 4.97. The normalized spacial score (nSPS) is 22.3. The molecule has 2 aromatic heterocycles. The van der Waals surface area contributed by atoms with Crippen molar-refractivity contribution in [3.63, 3.8) is 0 Å². The first kappa shape index (κ1) is 21.4. The average molecular weight is 436 g/mol. The third kappa shape index (κ3) is 3.78. The molecule has 1 saturated heterocycles. The van der Waals surface area contributed by atoms with Gasteiger partial charge in [0.05, 0.1) is 6.33 Å². The Hall–Kier alpha value is -3.85. The quantitative estimate of drug-likeness (QED) is 0.308. The standard InChI is InChI=1S/C21H20N6O5/c1-2-23-20(31)17-15(29)16(30)21(32-17)27-10-24-14-18(22)25-13(26-19(14)27)8-7-11-5-3-4-6-12(11)9-28/h3-6,9-10,15-17,21,29-30H,2H2,1H3,(H,23,31)(H2,22,25,26)/t15-,16+,17-,21?/m0/s1. The monoisotopic (exact) mass is 436 g/mol. The molecule has 1 unspecified atom stereocenters. The highest BCUT2D eigenvalue weighted by molar-refractivity contribution is 5.83. The van der Waals surface area contributed by atoms with E-state index in [1.807, 2.05) is 0 Å². The molecule has 1 aromatic carbocycles. The number of likely N-dealkylation sites (N-methyl/N-ethyl adjacent to an activating group) is 1. The molecule has 1 aliphatic heterocycles. The van der Waals surface area contributed by atoms with Crippen molar-refractivity contribution >= 4 is 29.2 Å². The van der Waals surface area contributed by atoms with Gasteiger partial charge in [0, 0.05) is 17.7 Å². The second kappa shape index (κ2) is 8.72. The zero-order chi connectivity index (χ0) is 22.8. The fourth-order valence-electron chi connectivity index (χ4n) is 3.40. The van der Waals surface area contributed by atoms with Crippen LogP contribution in [-0.2, 0) is 9.53 Å². The number of amides is 1. The first-order chi connectivity index (χ1) is 15.4. The number of hydrogen-bond acceptors (Lipinski definition) is 9. The number of hydrogen-bond donors (Lipinski definition) is 4. The van der Waals surface area contributed by atoms with Crippen LogP contribution in [0.2, 0.25) is 0 Å². The Morgan fingerprint density at radius 1 is 1.28 bits per heavy atom. The summed E-state index contributed by atoms with van der Waals surface area (Å²) >= 11 is 0. The van der Waals surface area contributed by atoms with E-state index in [-0.39, 0.29) is 22.8 Å². The number of carbonyl (C=O) groups excluding carboxylic acids is 2. The Morgan fingerprint density at radius 3 is 2.81 bits per heavy atom. The van der Waals surface area contributed by atoms with Crippen LogP contribution >= 0.6 is 0 Å². The van der Waals surface area contributed by atoms with Crippen molar-refractivity contribution in [3.8, 4) is 11.8 Å². The van der Waals surface area contributed by atoms with E-state index >= 15 is 0 Å². The number of nitrogen functional groups attached to an aromatic ring is 1. The molecule has 164 valence electrons. The fourth-order valence-corrected chi connectivity index (χ4v) is 3.40. The molecule has 0 radical (unpaired) electrons. The summed E-state index contributed by atoms with van der Waals surface area (Å²) in [5.41, 5.74) is 7.38. The van der Waals surface area contributed by atoms with E-state index < -0.39 is 30.4 Å². The number of rotatable bonds is 4. The second-order valence-corrected chi connectivity index (χ2v) is 7.03. The smallest absolute Gasteiger partial charge is 0.252 e. The zero-order valence-electron chi connectivity index (χ0n) is 17.0. The van der Waals surface area contributed by atoms with Crippen molar-refractivity contribution < 1.29 is 24.5 Å². The van der Waals surface area contributed by atoms with Gasteiger partial charge in [0.25, 0.3) is 5.91 Å². The minimum atomic E-state index is -1.44. The Kier molecular flexibility index (Phi) is 5.83. The lowest BCUT2D eigenvalue weighted by molar-refractivity contribution is -0.137. The summed E-state index contributed by atoms with van der Waals surface area (Å²) in [6.07, 6.45) is -3.21. The molecule has 1 aliphatic rings. The lowest BCUT2D eigenvalue weighted by atomic mass is 10.1. The minimum absolute atomic E-state index is 0.0510. The van der Waals surface area contributed by atoms with E-state index in [9.17, 15) is 19.8 Å². The molecule has 11 heteroatoms. The van der Waals surface area contributed by atoms with Gasteiger partial charge in [-0.15, -0.1) is 0 Å². The summed E-state index contributed by atoms with van der Waals surface area (Å²) in [5.74, 6) is 5.18. The molecule has 0 bridgehead atoms. The molecule has 0 spiro atoms. The highest BCUT2D eigenvalue weighted by atomic mass is 16.6. The van der Waals surface area contributed by atoms with Crippen molar-refractivity contribution in [2.24, 2.45) is 0 Å². The van der Waals surface area contributed by atoms with Crippen molar-refractivity contribution in [1.29, 1.82) is 0 Å². The molecule has 0 saturated carbocycles. The largest absolute Gasteiger partial charge is 0.387 e. The number of nitrogens with two attached hydrogens (primary N) is 1. The molecule has 1 amide bonds. The highest BCUT2D eigenvalue weighted by Crippen LogP contribution is 2.32. The molecule has 11 nitrogen and oxygen atoms in total. The number of benzene rings is 1. The molecular formula is C21H20N6O5. The lowest BCUT2D eigenvalue weighted by Crippen LogP contribution is -2.42. The van der Waals surface area contributed by atoms with Crippen LogP contribution in [0.3, 0.4) is 0 Å². The fraction of sp³-hybridized carbons (Fsp3) is 0.286. The van der Waals surface area contributed by atoms with Crippen molar-refractivity contribution in [1.82, 2.24) is 24.8 Å². The molecule has 32 heavy (non-hydrogen) atoms. The summed E-state index contributed by atoms with van der Waals surface area (Å²) in [6.45, 7) is 2.07. The number of aromatic nitrogens is 4. The van der Waals surface area contributed by atoms with Crippen LogP contribution in [-0.4, -0.2) is 66.8 Å². The average Bonchev–Trinajstić information content (AvgIpc) is 3.34. The van der Waals surface area contributed by atoms with Gasteiger partial charge in [0.1, 0.15) is 17.7 Å². The van der Waals surface area contributed by atoms with Crippen LogP contribution < -0.4 is 11.1 Å². The maximum absolute atomic E-state index is 12.1. The van der Waals surface area contributed by atoms with Crippen LogP contribution in [0, 0.1) is 11.8 Å². The summed E-state index contributed by atoms with van der Waals surface area (Å²) in [4.78, 5) is 36.0. The van der Waals surface area contributed by atoms with Crippen molar-refractivity contribution in [3.05, 3.63) is 47.5 Å². The topological polar surface area (TPSA) is 165 Å². The first-order valence-corrected chi connectivity index (χ1v) is 9.80. The van der Waals surface area contributed by atoms with E-state index in [0.29, 0.717) is 24.0 Å². The molecule has 3 heterocycles. The summed E-state index contributed by atoms with van der Waals surface area (Å²) in [6, 6.07) is 6.80. The Labute approximate surface area is 182 Å². The molecular weight excluding hydrogens is 416 g/mol. The van der Waals surface area contributed by atoms with Gasteiger partial charge in [0.2, 0.25) is 5.82 Å². The number of fused-ring (bicyclic) bond motifs is 1. The molecule has 5 N–H and O–H groups in total. The van der Waals surface area contributed by atoms with E-state index in [0.717, 1.165) is 0 Å². The van der Waals surface area contributed by atoms with Gasteiger partial charge in [0.15, 0.2) is 30.1 Å². The Morgan fingerprint density at radius 2 is 2.06 bits per heavy atom. The highest BCUT2D eigenvalue weighted by Gasteiger charge is 2.47. The number of nitrogens with zero attached hydrogens (tertiary/aromatic N) is 4. The van der Waals surface area contributed by atoms with Crippen LogP contribution in [0.15, 0.2) is 30.6 Å². The van der Waals surface area contributed by atoms with Crippen LogP contribution in [0.25, 0.3) is 11.2 Å². The number of aliphatic hydroxyl groups excluding tert-OH is 2. The number of anilines is 1. The predicted molar refractivity (Wildman–Crippen MR) is 112 cm³/mol. The van der Waals surface area contributed by atoms with Gasteiger partial charge in [-0.1, -0.05) is 24.1 Å². The lowest BCUT2D eigenvalue weighted by Gasteiger charge is -2.16. The Balaban J connectivity index is 1.71. The van der Waals surface area contributed by atoms with Gasteiger partial charge in [-0.3, -0.25) is 14.2 Å². The van der Waals surface area contributed by atoms with Gasteiger partial charge in [-0.2, -0.15) is 0 Å². The van der Waals surface area contributed by atoms with Gasteiger partial charge < -0.3 is 26.0 Å². The molecule has 0 aliphatic carbocycles. The van der Waals surface area contributed by atoms with Crippen LogP contribution in [0.5, 0.6) is 0 Å². The summed E-state index contributed by atoms with van der Waals surface area (Å²) in [7, 11) is 0. The third-order valence-electron chi connectivity index (χ3n) is 4.97. The molecule has 4 rings (SSSR count). The number of ether oxygens (including phenoxy) is 1. The minimum Gasteiger partial charge on any atom is -0.387 e. The van der Waals surface area contributed by atoms with Crippen LogP contribution in [0.1, 0.15) is 34.9 Å². The molecule has 3 aromatic rings. The number of imidazole rings is 1. The zero-order valence-corrected chi connectivity index (χ0v) is 17.0. The summed E-state index contributed by atoms with van der Waals surface area (Å²) in [5, 5.41) is 23.3. The van der Waals surface area contributed by atoms with E-state index in [1.165, 1.54) is 10.9 Å². The van der Waals surface area contributed by atoms with E-state index in [2.05, 4.69) is 32.1 Å². The SMILES string of the molecule is CCNC(=O)[C@H]1OC(n2cnc3c(N)nc(C#Cc4ccccc4C=O)nc32)[C@H](O)[C@@H]1O. The number of carbonyl (C=O) groups is 2. The predicted octanol–water partition coefficient (Wildman–Crippen LogP) is -0.624. The maximum atomic E-state index is 12.1. The van der Waals surface area contributed by atoms with Crippen molar-refractivity contribution in [2.45, 2.75) is 31.5 Å².